The van der Waals surface area contributed by atoms with Crippen LogP contribution in [0.4, 0.5) is 10.5 Å². The fourth-order valence-electron chi connectivity index (χ4n) is 4.39. The molecular formula is C20H21N3O5. The highest BCUT2D eigenvalue weighted by molar-refractivity contribution is 6.10. The third-order valence-corrected chi connectivity index (χ3v) is 6.14. The van der Waals surface area contributed by atoms with Gasteiger partial charge in [0.2, 0.25) is 0 Å². The van der Waals surface area contributed by atoms with Crippen molar-refractivity contribution in [2.75, 3.05) is 31.2 Å². The first-order valence-electron chi connectivity index (χ1n) is 9.42. The number of carbonyl (C=O) groups is 3. The number of aromatic nitrogens is 1. The Kier molecular flexibility index (Phi) is 3.58. The molecule has 3 fully saturated rings. The van der Waals surface area contributed by atoms with Crippen molar-refractivity contribution in [3.63, 3.8) is 0 Å². The van der Waals surface area contributed by atoms with Gasteiger partial charge in [0, 0.05) is 41.9 Å². The third-order valence-electron chi connectivity index (χ3n) is 6.14. The van der Waals surface area contributed by atoms with Crippen LogP contribution in [0.3, 0.4) is 0 Å². The molecule has 3 heterocycles. The number of ether oxygens (including phenoxy) is 1. The molecule has 1 aromatic carbocycles. The maximum Gasteiger partial charge on any atom is 0.443 e. The van der Waals surface area contributed by atoms with Crippen molar-refractivity contribution in [3.8, 4) is 0 Å². The van der Waals surface area contributed by atoms with Gasteiger partial charge in [-0.05, 0) is 17.5 Å². The Morgan fingerprint density at radius 2 is 1.71 bits per heavy atom. The fourth-order valence-corrected chi connectivity index (χ4v) is 4.39. The summed E-state index contributed by atoms with van der Waals surface area (Å²) in [6.07, 6.45) is 2.51. The monoisotopic (exact) mass is 383 g/mol. The van der Waals surface area contributed by atoms with E-state index < -0.39 is 17.9 Å². The van der Waals surface area contributed by atoms with Crippen LogP contribution < -0.4 is 4.90 Å². The highest BCUT2D eigenvalue weighted by Gasteiger charge is 2.74. The zero-order valence-corrected chi connectivity index (χ0v) is 15.8. The molecule has 0 N–H and O–H groups in total. The lowest BCUT2D eigenvalue weighted by Crippen LogP contribution is -2.39. The number of morpholine rings is 1. The molecule has 5 rings (SSSR count). The highest BCUT2D eigenvalue weighted by atomic mass is 16.7. The molecule has 2 atom stereocenters. The summed E-state index contributed by atoms with van der Waals surface area (Å²) in [4.78, 5) is 44.5. The van der Waals surface area contributed by atoms with Crippen molar-refractivity contribution in [1.29, 1.82) is 0 Å². The Morgan fingerprint density at radius 3 is 2.39 bits per heavy atom. The van der Waals surface area contributed by atoms with E-state index in [2.05, 4.69) is 4.90 Å². The SMILES string of the molecule is CC1(C)C2C(=O)N(OC(=O)n3cc4ccc(N5CCOCC5)cc4c3)C(=O)C21. The Balaban J connectivity index is 1.34. The molecule has 3 aliphatic rings. The molecule has 2 amide bonds. The quantitative estimate of drug-likeness (QED) is 0.738. The molecule has 1 aliphatic carbocycles. The lowest BCUT2D eigenvalue weighted by atomic mass is 10.1. The van der Waals surface area contributed by atoms with Crippen LogP contribution in [-0.2, 0) is 19.2 Å². The summed E-state index contributed by atoms with van der Waals surface area (Å²) in [5.74, 6) is -1.63. The van der Waals surface area contributed by atoms with E-state index >= 15 is 0 Å². The molecule has 2 unspecified atom stereocenters. The number of imide groups is 1. The molecular weight excluding hydrogens is 362 g/mol. The molecule has 28 heavy (non-hydrogen) atoms. The van der Waals surface area contributed by atoms with Crippen molar-refractivity contribution in [2.24, 2.45) is 17.3 Å². The molecule has 2 aliphatic heterocycles. The van der Waals surface area contributed by atoms with Crippen molar-refractivity contribution < 1.29 is 24.0 Å². The van der Waals surface area contributed by atoms with Gasteiger partial charge in [-0.1, -0.05) is 19.9 Å². The van der Waals surface area contributed by atoms with Crippen molar-refractivity contribution in [3.05, 3.63) is 30.6 Å². The van der Waals surface area contributed by atoms with E-state index in [9.17, 15) is 14.4 Å². The molecule has 0 radical (unpaired) electrons. The molecule has 0 bridgehead atoms. The van der Waals surface area contributed by atoms with Gasteiger partial charge in [-0.25, -0.2) is 4.79 Å². The van der Waals surface area contributed by atoms with Crippen molar-refractivity contribution in [1.82, 2.24) is 9.63 Å². The largest absolute Gasteiger partial charge is 0.443 e. The van der Waals surface area contributed by atoms with E-state index in [0.29, 0.717) is 18.3 Å². The van der Waals surface area contributed by atoms with Gasteiger partial charge in [-0.3, -0.25) is 14.2 Å². The van der Waals surface area contributed by atoms with Gasteiger partial charge in [0.05, 0.1) is 25.0 Å². The maximum atomic E-state index is 12.5. The minimum absolute atomic E-state index is 0.338. The Bertz CT molecular complexity index is 980. The molecule has 1 saturated carbocycles. The number of piperidine rings is 1. The van der Waals surface area contributed by atoms with Gasteiger partial charge in [0.25, 0.3) is 11.8 Å². The second-order valence-corrected chi connectivity index (χ2v) is 8.18. The number of benzene rings is 1. The summed E-state index contributed by atoms with van der Waals surface area (Å²) in [5, 5.41) is 2.38. The second-order valence-electron chi connectivity index (χ2n) is 8.18. The molecule has 8 nitrogen and oxygen atoms in total. The lowest BCUT2D eigenvalue weighted by molar-refractivity contribution is -0.176. The van der Waals surface area contributed by atoms with Crippen LogP contribution in [0, 0.1) is 17.3 Å². The lowest BCUT2D eigenvalue weighted by Gasteiger charge is -2.28. The smallest absolute Gasteiger partial charge is 0.378 e. The number of anilines is 1. The minimum atomic E-state index is -0.773. The first kappa shape index (κ1) is 17.2. The number of rotatable bonds is 2. The number of fused-ring (bicyclic) bond motifs is 2. The van der Waals surface area contributed by atoms with Gasteiger partial charge < -0.3 is 14.5 Å². The first-order chi connectivity index (χ1) is 13.4. The van der Waals surface area contributed by atoms with Crippen LogP contribution in [0.5, 0.6) is 0 Å². The molecule has 0 spiro atoms. The molecule has 146 valence electrons. The minimum Gasteiger partial charge on any atom is -0.378 e. The predicted octanol–water partition coefficient (Wildman–Crippen LogP) is 2.02. The summed E-state index contributed by atoms with van der Waals surface area (Å²) in [6.45, 7) is 6.80. The van der Waals surface area contributed by atoms with E-state index in [1.807, 2.05) is 32.0 Å². The van der Waals surface area contributed by atoms with Crippen molar-refractivity contribution in [2.45, 2.75) is 13.8 Å². The fraction of sp³-hybridized carbons (Fsp3) is 0.450. The Morgan fingerprint density at radius 1 is 1.07 bits per heavy atom. The van der Waals surface area contributed by atoms with E-state index in [1.165, 1.54) is 4.57 Å². The summed E-state index contributed by atoms with van der Waals surface area (Å²) >= 11 is 0. The number of carbonyl (C=O) groups excluding carboxylic acids is 3. The van der Waals surface area contributed by atoms with Gasteiger partial charge in [-0.2, -0.15) is 0 Å². The van der Waals surface area contributed by atoms with Crippen LogP contribution in [0.2, 0.25) is 0 Å². The van der Waals surface area contributed by atoms with Crippen LogP contribution in [-0.4, -0.2) is 53.8 Å². The van der Waals surface area contributed by atoms with E-state index in [1.54, 1.807) is 12.4 Å². The van der Waals surface area contributed by atoms with Crippen LogP contribution >= 0.6 is 0 Å². The number of hydrogen-bond acceptors (Lipinski definition) is 6. The summed E-state index contributed by atoms with van der Waals surface area (Å²) in [6, 6.07) is 5.95. The predicted molar refractivity (Wildman–Crippen MR) is 99.5 cm³/mol. The average Bonchev–Trinajstić information content (AvgIpc) is 2.96. The number of hydroxylamine groups is 2. The summed E-state index contributed by atoms with van der Waals surface area (Å²) in [5.41, 5.74) is 0.726. The normalized spacial score (nSPS) is 25.9. The van der Waals surface area contributed by atoms with Gasteiger partial charge >= 0.3 is 6.09 Å². The molecule has 1 aromatic heterocycles. The van der Waals surface area contributed by atoms with E-state index in [-0.39, 0.29) is 17.3 Å². The topological polar surface area (TPSA) is 81.1 Å². The zero-order valence-electron chi connectivity index (χ0n) is 15.8. The Labute approximate surface area is 161 Å². The zero-order chi connectivity index (χ0) is 19.6. The molecule has 2 saturated heterocycles. The number of amides is 2. The second kappa shape index (κ2) is 5.81. The van der Waals surface area contributed by atoms with Gasteiger partial charge in [-0.15, -0.1) is 5.06 Å². The Hall–Kier alpha value is -2.87. The average molecular weight is 383 g/mol. The van der Waals surface area contributed by atoms with Gasteiger partial charge in [0.1, 0.15) is 0 Å². The van der Waals surface area contributed by atoms with Crippen LogP contribution in [0.15, 0.2) is 30.6 Å². The standard InChI is InChI=1S/C20H21N3O5/c1-20(2)15-16(20)18(25)23(17(15)24)28-19(26)22-10-12-3-4-14(9-13(12)11-22)21-5-7-27-8-6-21/h3-4,9-11,15-16H,5-8H2,1-2H3. The molecule has 2 aromatic rings. The maximum absolute atomic E-state index is 12.5. The van der Waals surface area contributed by atoms with Crippen LogP contribution in [0.1, 0.15) is 13.8 Å². The third kappa shape index (κ3) is 2.44. The summed E-state index contributed by atoms with van der Waals surface area (Å²) in [7, 11) is 0. The van der Waals surface area contributed by atoms with E-state index in [4.69, 9.17) is 9.57 Å². The first-order valence-corrected chi connectivity index (χ1v) is 9.42. The van der Waals surface area contributed by atoms with E-state index in [0.717, 1.165) is 29.5 Å². The highest BCUT2D eigenvalue weighted by Crippen LogP contribution is 2.63. The molecule has 8 heteroatoms. The number of hydrogen-bond donors (Lipinski definition) is 0. The van der Waals surface area contributed by atoms with Crippen molar-refractivity contribution >= 4 is 34.4 Å². The number of nitrogens with zero attached hydrogens (tertiary/aromatic N) is 3. The van der Waals surface area contributed by atoms with Crippen LogP contribution in [0.25, 0.3) is 10.8 Å². The van der Waals surface area contributed by atoms with Gasteiger partial charge in [0.15, 0.2) is 0 Å². The summed E-state index contributed by atoms with van der Waals surface area (Å²) < 4.78 is 6.65.